The van der Waals surface area contributed by atoms with Crippen LogP contribution in [0.5, 0.6) is 5.88 Å². The van der Waals surface area contributed by atoms with Crippen molar-refractivity contribution in [3.8, 4) is 5.88 Å². The zero-order chi connectivity index (χ0) is 20.3. The summed E-state index contributed by atoms with van der Waals surface area (Å²) in [6, 6.07) is 0. The van der Waals surface area contributed by atoms with E-state index in [0.717, 1.165) is 31.1 Å². The number of pyridine rings is 2. The van der Waals surface area contributed by atoms with Gasteiger partial charge in [-0.25, -0.2) is 4.98 Å². The normalized spacial score (nSPS) is 14.9. The third kappa shape index (κ3) is 4.23. The Morgan fingerprint density at radius 3 is 2.14 bits per heavy atom. The molecule has 0 aromatic carbocycles. The molecular weight excluding hydrogens is 348 g/mol. The Labute approximate surface area is 169 Å². The quantitative estimate of drug-likeness (QED) is 0.748. The third-order valence-corrected chi connectivity index (χ3v) is 5.58. The smallest absolute Gasteiger partial charge is 0.237 e. The summed E-state index contributed by atoms with van der Waals surface area (Å²) in [7, 11) is 0. The molecule has 0 amide bonds. The van der Waals surface area contributed by atoms with E-state index in [9.17, 15) is 0 Å². The van der Waals surface area contributed by atoms with Gasteiger partial charge in [-0.1, -0.05) is 27.7 Å². The van der Waals surface area contributed by atoms with Crippen LogP contribution in [0.2, 0.25) is 0 Å². The second-order valence-electron chi connectivity index (χ2n) is 8.29. The number of aromatic nitrogens is 2. The van der Waals surface area contributed by atoms with Crippen LogP contribution in [-0.4, -0.2) is 29.7 Å². The second kappa shape index (κ2) is 8.80. The van der Waals surface area contributed by atoms with Crippen LogP contribution in [0.4, 0.5) is 11.4 Å². The fraction of sp³-hybridized carbons (Fsp3) is 0.565. The first-order chi connectivity index (χ1) is 13.4. The molecule has 0 aliphatic carbocycles. The summed E-state index contributed by atoms with van der Waals surface area (Å²) in [5.41, 5.74) is 8.94. The van der Waals surface area contributed by atoms with E-state index in [4.69, 9.17) is 4.74 Å². The Kier molecular flexibility index (Phi) is 6.42. The van der Waals surface area contributed by atoms with Gasteiger partial charge in [0.05, 0.1) is 11.4 Å². The summed E-state index contributed by atoms with van der Waals surface area (Å²) >= 11 is 0. The first kappa shape index (κ1) is 20.4. The van der Waals surface area contributed by atoms with E-state index in [1.165, 1.54) is 40.1 Å². The van der Waals surface area contributed by atoms with Crippen LogP contribution in [0, 0.1) is 13.8 Å². The molecule has 2 aliphatic heterocycles. The maximum Gasteiger partial charge on any atom is 0.237 e. The van der Waals surface area contributed by atoms with E-state index in [2.05, 4.69) is 62.1 Å². The number of ether oxygens (including phenoxy) is 1. The minimum atomic E-state index is 0.511. The molecule has 5 nitrogen and oxygen atoms in total. The highest BCUT2D eigenvalue weighted by Crippen LogP contribution is 2.33. The monoisotopic (exact) mass is 382 g/mol. The van der Waals surface area contributed by atoms with Crippen molar-refractivity contribution < 1.29 is 4.74 Å². The number of rotatable bonds is 2. The van der Waals surface area contributed by atoms with Gasteiger partial charge >= 0.3 is 0 Å². The van der Waals surface area contributed by atoms with Gasteiger partial charge in [0, 0.05) is 25.5 Å². The molecule has 2 N–H and O–H groups in total. The van der Waals surface area contributed by atoms with Crippen LogP contribution >= 0.6 is 0 Å². The molecule has 0 bridgehead atoms. The van der Waals surface area contributed by atoms with E-state index in [0.29, 0.717) is 18.4 Å². The molecule has 28 heavy (non-hydrogen) atoms. The topological polar surface area (TPSA) is 59.1 Å². The first-order valence-corrected chi connectivity index (χ1v) is 10.5. The van der Waals surface area contributed by atoms with Gasteiger partial charge in [0.2, 0.25) is 5.88 Å². The minimum absolute atomic E-state index is 0.511. The summed E-state index contributed by atoms with van der Waals surface area (Å²) in [4.78, 5) is 8.86. The Bertz CT molecular complexity index is 760. The van der Waals surface area contributed by atoms with Gasteiger partial charge in [-0.3, -0.25) is 4.98 Å². The average molecular weight is 383 g/mol. The van der Waals surface area contributed by atoms with Crippen molar-refractivity contribution >= 4 is 11.4 Å². The summed E-state index contributed by atoms with van der Waals surface area (Å²) in [6.45, 7) is 15.8. The number of aryl methyl sites for hydroxylation is 1. The molecule has 2 aliphatic rings. The van der Waals surface area contributed by atoms with E-state index in [-0.39, 0.29) is 0 Å². The minimum Gasteiger partial charge on any atom is -0.474 e. The van der Waals surface area contributed by atoms with Crippen molar-refractivity contribution in [2.24, 2.45) is 0 Å². The average Bonchev–Trinajstić information content (AvgIpc) is 2.69. The fourth-order valence-electron chi connectivity index (χ4n) is 3.96. The molecule has 2 aromatic rings. The predicted molar refractivity (Wildman–Crippen MR) is 117 cm³/mol. The number of nitrogens with one attached hydrogen (secondary N) is 2. The van der Waals surface area contributed by atoms with E-state index in [1.54, 1.807) is 0 Å². The largest absolute Gasteiger partial charge is 0.474 e. The van der Waals surface area contributed by atoms with Crippen LogP contribution in [0.25, 0.3) is 0 Å². The van der Waals surface area contributed by atoms with Crippen LogP contribution in [0.1, 0.15) is 73.9 Å². The molecule has 4 rings (SSSR count). The van der Waals surface area contributed by atoms with Gasteiger partial charge in [0.15, 0.2) is 0 Å². The molecule has 0 spiro atoms. The Balaban J connectivity index is 0.000000161. The Morgan fingerprint density at radius 2 is 1.46 bits per heavy atom. The lowest BCUT2D eigenvalue weighted by atomic mass is 9.96. The summed E-state index contributed by atoms with van der Waals surface area (Å²) < 4.78 is 5.47. The van der Waals surface area contributed by atoms with Crippen molar-refractivity contribution in [1.82, 2.24) is 9.97 Å². The van der Waals surface area contributed by atoms with Gasteiger partial charge in [-0.05, 0) is 60.8 Å². The molecular formula is C23H34N4O. The van der Waals surface area contributed by atoms with Gasteiger partial charge in [-0.15, -0.1) is 0 Å². The van der Waals surface area contributed by atoms with Crippen LogP contribution < -0.4 is 15.4 Å². The van der Waals surface area contributed by atoms with Gasteiger partial charge in [0.25, 0.3) is 0 Å². The van der Waals surface area contributed by atoms with E-state index in [1.807, 2.05) is 12.4 Å². The van der Waals surface area contributed by atoms with E-state index >= 15 is 0 Å². The highest BCUT2D eigenvalue weighted by atomic mass is 16.5. The van der Waals surface area contributed by atoms with Crippen LogP contribution in [-0.2, 0) is 6.42 Å². The Morgan fingerprint density at radius 1 is 0.857 bits per heavy atom. The number of hydrogen-bond acceptors (Lipinski definition) is 5. The molecule has 2 aromatic heterocycles. The van der Waals surface area contributed by atoms with Crippen molar-refractivity contribution in [3.63, 3.8) is 0 Å². The van der Waals surface area contributed by atoms with Crippen LogP contribution in [0.15, 0.2) is 12.4 Å². The summed E-state index contributed by atoms with van der Waals surface area (Å²) in [6.07, 6.45) is 6.31. The van der Waals surface area contributed by atoms with Gasteiger partial charge in [0.1, 0.15) is 12.3 Å². The molecule has 0 saturated heterocycles. The number of hydrogen-bond donors (Lipinski definition) is 2. The van der Waals surface area contributed by atoms with E-state index < -0.39 is 0 Å². The van der Waals surface area contributed by atoms with Crippen molar-refractivity contribution in [2.45, 2.75) is 66.2 Å². The van der Waals surface area contributed by atoms with Gasteiger partial charge < -0.3 is 15.4 Å². The van der Waals surface area contributed by atoms with Crippen LogP contribution in [0.3, 0.4) is 0 Å². The lowest BCUT2D eigenvalue weighted by molar-refractivity contribution is 0.310. The molecule has 5 heteroatoms. The molecule has 0 fully saturated rings. The van der Waals surface area contributed by atoms with Crippen molar-refractivity contribution in [3.05, 3.63) is 40.3 Å². The lowest BCUT2D eigenvalue weighted by Gasteiger charge is -2.22. The fourth-order valence-corrected chi connectivity index (χ4v) is 3.96. The molecule has 0 radical (unpaired) electrons. The standard InChI is InChI=1S/C12H18N2.C11H16N2O/c1-8(2)10-7-14-11-5-4-6-13-12(11)9(10)3;1-7(2)9-6-13-11-10(8(9)3)12-4-5-14-11/h7-8,13H,4-6H2,1-3H3;6-7,12H,4-5H2,1-3H3. The lowest BCUT2D eigenvalue weighted by Crippen LogP contribution is -2.20. The highest BCUT2D eigenvalue weighted by molar-refractivity contribution is 5.62. The molecule has 4 heterocycles. The Hall–Kier alpha value is -2.30. The molecule has 0 saturated carbocycles. The van der Waals surface area contributed by atoms with Crippen molar-refractivity contribution in [1.29, 1.82) is 0 Å². The number of nitrogens with zero attached hydrogens (tertiary/aromatic N) is 2. The van der Waals surface area contributed by atoms with Gasteiger partial charge in [-0.2, -0.15) is 0 Å². The first-order valence-electron chi connectivity index (χ1n) is 10.5. The third-order valence-electron chi connectivity index (χ3n) is 5.58. The maximum atomic E-state index is 5.47. The SMILES string of the molecule is Cc1c(C(C)C)cnc2c1NCCC2.Cc1c(C(C)C)cnc2c1NCCO2. The zero-order valence-corrected chi connectivity index (χ0v) is 18.1. The number of fused-ring (bicyclic) bond motifs is 2. The summed E-state index contributed by atoms with van der Waals surface area (Å²) in [5.74, 6) is 1.83. The molecule has 0 unspecified atom stereocenters. The molecule has 152 valence electrons. The molecule has 0 atom stereocenters. The maximum absolute atomic E-state index is 5.47. The number of anilines is 2. The zero-order valence-electron chi connectivity index (χ0n) is 18.1. The predicted octanol–water partition coefficient (Wildman–Crippen LogP) is 5.19. The second-order valence-corrected chi connectivity index (χ2v) is 8.29. The highest BCUT2D eigenvalue weighted by Gasteiger charge is 2.17. The summed E-state index contributed by atoms with van der Waals surface area (Å²) in [5, 5.41) is 6.80. The van der Waals surface area contributed by atoms with Crippen molar-refractivity contribution in [2.75, 3.05) is 30.3 Å².